The van der Waals surface area contributed by atoms with Crippen LogP contribution in [0.1, 0.15) is 49.2 Å². The molecule has 110 valence electrons. The van der Waals surface area contributed by atoms with E-state index in [2.05, 4.69) is 24.1 Å². The molecule has 1 fully saturated rings. The van der Waals surface area contributed by atoms with Crippen molar-refractivity contribution >= 4 is 11.7 Å². The van der Waals surface area contributed by atoms with Gasteiger partial charge in [0.25, 0.3) is 5.91 Å². The second-order valence-electron chi connectivity index (χ2n) is 5.66. The average Bonchev–Trinajstić information content (AvgIpc) is 2.70. The van der Waals surface area contributed by atoms with Crippen LogP contribution < -0.4 is 5.32 Å². The largest absolute Gasteiger partial charge is 0.373 e. The van der Waals surface area contributed by atoms with Crippen molar-refractivity contribution in [3.8, 4) is 0 Å². The van der Waals surface area contributed by atoms with E-state index in [0.717, 1.165) is 55.3 Å². The normalized spacial score (nSPS) is 19.6. The van der Waals surface area contributed by atoms with Gasteiger partial charge in [0.1, 0.15) is 5.82 Å². The molecule has 2 heterocycles. The van der Waals surface area contributed by atoms with Gasteiger partial charge in [-0.15, -0.1) is 0 Å². The monoisotopic (exact) mass is 275 g/mol. The number of aryl methyl sites for hydroxylation is 1. The summed E-state index contributed by atoms with van der Waals surface area (Å²) in [6.07, 6.45) is 4.28. The molecule has 1 saturated heterocycles. The highest BCUT2D eigenvalue weighted by molar-refractivity contribution is 5.95. The molecule has 0 spiro atoms. The summed E-state index contributed by atoms with van der Waals surface area (Å²) in [5.74, 6) is 1.65. The van der Waals surface area contributed by atoms with Gasteiger partial charge in [-0.2, -0.15) is 0 Å². The number of hydrogen-bond donors (Lipinski definition) is 1. The molecular formula is C16H25N3O. The van der Waals surface area contributed by atoms with Gasteiger partial charge in [-0.3, -0.25) is 4.79 Å². The fraction of sp³-hybridized carbons (Fsp3) is 0.625. The minimum atomic E-state index is 0.146. The molecular weight excluding hydrogens is 250 g/mol. The fourth-order valence-corrected chi connectivity index (χ4v) is 2.67. The first-order valence-electron chi connectivity index (χ1n) is 7.62. The highest BCUT2D eigenvalue weighted by Gasteiger charge is 2.20. The number of aromatic nitrogens is 1. The average molecular weight is 275 g/mol. The molecule has 0 aliphatic carbocycles. The predicted octanol–water partition coefficient (Wildman–Crippen LogP) is 2.95. The molecule has 2 rings (SSSR count). The predicted molar refractivity (Wildman–Crippen MR) is 82.1 cm³/mol. The Morgan fingerprint density at radius 1 is 1.40 bits per heavy atom. The molecule has 1 aliphatic heterocycles. The number of rotatable bonds is 3. The van der Waals surface area contributed by atoms with Crippen LogP contribution in [0.3, 0.4) is 0 Å². The van der Waals surface area contributed by atoms with E-state index < -0.39 is 0 Å². The second-order valence-corrected chi connectivity index (χ2v) is 5.66. The van der Waals surface area contributed by atoms with Crippen LogP contribution in [0.2, 0.25) is 0 Å². The Balaban J connectivity index is 2.19. The van der Waals surface area contributed by atoms with E-state index in [-0.39, 0.29) is 5.91 Å². The maximum atomic E-state index is 12.7. The van der Waals surface area contributed by atoms with Gasteiger partial charge >= 0.3 is 0 Å². The van der Waals surface area contributed by atoms with Crippen LogP contribution in [-0.4, -0.2) is 35.9 Å². The Labute approximate surface area is 121 Å². The van der Waals surface area contributed by atoms with Crippen LogP contribution in [0.25, 0.3) is 0 Å². The summed E-state index contributed by atoms with van der Waals surface area (Å²) in [4.78, 5) is 19.1. The number of carbonyl (C=O) groups is 1. The van der Waals surface area contributed by atoms with E-state index in [0.29, 0.717) is 0 Å². The van der Waals surface area contributed by atoms with Gasteiger partial charge < -0.3 is 10.2 Å². The van der Waals surface area contributed by atoms with Gasteiger partial charge in [-0.25, -0.2) is 4.98 Å². The molecule has 4 nitrogen and oxygen atoms in total. The van der Waals surface area contributed by atoms with Gasteiger partial charge in [0.2, 0.25) is 0 Å². The Hall–Kier alpha value is -1.58. The first-order chi connectivity index (χ1) is 9.63. The lowest BCUT2D eigenvalue weighted by atomic mass is 10.0. The third-order valence-corrected chi connectivity index (χ3v) is 4.05. The zero-order valence-electron chi connectivity index (χ0n) is 12.8. The number of hydrogen-bond acceptors (Lipinski definition) is 3. The maximum Gasteiger partial charge on any atom is 0.254 e. The molecule has 20 heavy (non-hydrogen) atoms. The van der Waals surface area contributed by atoms with Gasteiger partial charge in [0, 0.05) is 31.4 Å². The third kappa shape index (κ3) is 3.50. The van der Waals surface area contributed by atoms with E-state index in [1.165, 1.54) is 6.42 Å². The zero-order valence-corrected chi connectivity index (χ0v) is 12.8. The molecule has 1 amide bonds. The first-order valence-corrected chi connectivity index (χ1v) is 7.62. The van der Waals surface area contributed by atoms with Gasteiger partial charge in [0.15, 0.2) is 0 Å². The molecule has 0 saturated carbocycles. The summed E-state index contributed by atoms with van der Waals surface area (Å²) < 4.78 is 0. The highest BCUT2D eigenvalue weighted by atomic mass is 16.2. The van der Waals surface area contributed by atoms with Crippen molar-refractivity contribution in [3.05, 3.63) is 23.4 Å². The van der Waals surface area contributed by atoms with Crippen LogP contribution >= 0.6 is 0 Å². The van der Waals surface area contributed by atoms with Gasteiger partial charge in [0.05, 0.1) is 0 Å². The Morgan fingerprint density at radius 3 is 2.90 bits per heavy atom. The van der Waals surface area contributed by atoms with E-state index in [9.17, 15) is 4.79 Å². The van der Waals surface area contributed by atoms with E-state index in [1.807, 2.05) is 24.1 Å². The van der Waals surface area contributed by atoms with Crippen LogP contribution in [0, 0.1) is 5.92 Å². The quantitative estimate of drug-likeness (QED) is 0.922. The summed E-state index contributed by atoms with van der Waals surface area (Å²) in [5, 5.41) is 3.04. The van der Waals surface area contributed by atoms with Crippen LogP contribution in [0.4, 0.5) is 5.82 Å². The molecule has 1 unspecified atom stereocenters. The molecule has 4 heteroatoms. The van der Waals surface area contributed by atoms with Gasteiger partial charge in [-0.1, -0.05) is 13.8 Å². The number of nitrogens with one attached hydrogen (secondary N) is 1. The van der Waals surface area contributed by atoms with E-state index in [1.54, 1.807) is 0 Å². The molecule has 1 aromatic heterocycles. The second kappa shape index (κ2) is 6.73. The summed E-state index contributed by atoms with van der Waals surface area (Å²) in [6, 6.07) is 3.79. The molecule has 0 bridgehead atoms. The summed E-state index contributed by atoms with van der Waals surface area (Å²) in [6.45, 7) is 6.08. The molecule has 1 atom stereocenters. The third-order valence-electron chi connectivity index (χ3n) is 4.05. The standard InChI is InChI=1S/C16H25N3O/c1-4-14-10-13(11-15(17-3)18-14)16(20)19-8-5-6-12(2)7-9-19/h10-12H,4-9H2,1-3H3,(H,17,18). The van der Waals surface area contributed by atoms with Crippen molar-refractivity contribution < 1.29 is 4.79 Å². The Morgan fingerprint density at radius 2 is 2.20 bits per heavy atom. The molecule has 1 aromatic rings. The van der Waals surface area contributed by atoms with Gasteiger partial charge in [-0.05, 0) is 43.7 Å². The topological polar surface area (TPSA) is 45.2 Å². The van der Waals surface area contributed by atoms with Crippen molar-refractivity contribution in [2.24, 2.45) is 5.92 Å². The molecule has 1 aliphatic rings. The number of carbonyl (C=O) groups excluding carboxylic acids is 1. The van der Waals surface area contributed by atoms with Crippen molar-refractivity contribution in [3.63, 3.8) is 0 Å². The van der Waals surface area contributed by atoms with Crippen molar-refractivity contribution in [2.45, 2.75) is 39.5 Å². The minimum absolute atomic E-state index is 0.146. The lowest BCUT2D eigenvalue weighted by Crippen LogP contribution is -2.32. The Bertz CT molecular complexity index is 451. The fourth-order valence-electron chi connectivity index (χ4n) is 2.67. The van der Waals surface area contributed by atoms with Crippen molar-refractivity contribution in [1.29, 1.82) is 0 Å². The lowest BCUT2D eigenvalue weighted by Gasteiger charge is -2.21. The Kier molecular flexibility index (Phi) is 4.99. The number of nitrogens with zero attached hydrogens (tertiary/aromatic N) is 2. The maximum absolute atomic E-state index is 12.7. The smallest absolute Gasteiger partial charge is 0.254 e. The minimum Gasteiger partial charge on any atom is -0.373 e. The molecule has 1 N–H and O–H groups in total. The molecule has 0 aromatic carbocycles. The number of likely N-dealkylation sites (tertiary alicyclic amines) is 1. The van der Waals surface area contributed by atoms with E-state index in [4.69, 9.17) is 0 Å². The zero-order chi connectivity index (χ0) is 14.5. The highest BCUT2D eigenvalue weighted by Crippen LogP contribution is 2.19. The summed E-state index contributed by atoms with van der Waals surface area (Å²) in [5.41, 5.74) is 1.72. The van der Waals surface area contributed by atoms with Crippen LogP contribution in [0.15, 0.2) is 12.1 Å². The first kappa shape index (κ1) is 14.8. The molecule has 0 radical (unpaired) electrons. The number of pyridine rings is 1. The number of amides is 1. The van der Waals surface area contributed by atoms with Crippen LogP contribution in [0.5, 0.6) is 0 Å². The van der Waals surface area contributed by atoms with Crippen molar-refractivity contribution in [1.82, 2.24) is 9.88 Å². The summed E-state index contributed by atoms with van der Waals surface area (Å²) >= 11 is 0. The number of anilines is 1. The summed E-state index contributed by atoms with van der Waals surface area (Å²) in [7, 11) is 1.84. The van der Waals surface area contributed by atoms with Crippen molar-refractivity contribution in [2.75, 3.05) is 25.5 Å². The van der Waals surface area contributed by atoms with Crippen LogP contribution in [-0.2, 0) is 6.42 Å². The SMILES string of the molecule is CCc1cc(C(=O)N2CCCC(C)CC2)cc(NC)n1. The lowest BCUT2D eigenvalue weighted by molar-refractivity contribution is 0.0760. The van der Waals surface area contributed by atoms with E-state index >= 15 is 0 Å².